The summed E-state index contributed by atoms with van der Waals surface area (Å²) in [6.07, 6.45) is 8.14. The molecular weight excluding hydrogens is 573 g/mol. The molecule has 0 spiro atoms. The van der Waals surface area contributed by atoms with Crippen molar-refractivity contribution in [3.8, 4) is 0 Å². The summed E-state index contributed by atoms with van der Waals surface area (Å²) in [4.78, 5) is 58.5. The lowest BCUT2D eigenvalue weighted by atomic mass is 9.99. The first-order valence-electron chi connectivity index (χ1n) is 14.7. The first kappa shape index (κ1) is 31.4. The number of hydrogen-bond acceptors (Lipinski definition) is 7. The zero-order valence-electron chi connectivity index (χ0n) is 24.5. The summed E-state index contributed by atoms with van der Waals surface area (Å²) >= 11 is 3.95. The molecule has 0 saturated heterocycles. The van der Waals surface area contributed by atoms with Crippen molar-refractivity contribution in [1.29, 1.82) is 0 Å². The Hall–Kier alpha value is -2.49. The summed E-state index contributed by atoms with van der Waals surface area (Å²) < 4.78 is 0. The van der Waals surface area contributed by atoms with Gasteiger partial charge in [0.25, 0.3) is 23.6 Å². The van der Waals surface area contributed by atoms with E-state index in [0.717, 1.165) is 51.4 Å². The van der Waals surface area contributed by atoms with Crippen LogP contribution in [0.5, 0.6) is 0 Å². The molecule has 41 heavy (non-hydrogen) atoms. The van der Waals surface area contributed by atoms with E-state index in [1.165, 1.54) is 44.2 Å². The average molecular weight is 613 g/mol. The molecule has 0 radical (unpaired) electrons. The Morgan fingerprint density at radius 3 is 1.44 bits per heavy atom. The molecule has 6 nitrogen and oxygen atoms in total. The molecule has 0 bridgehead atoms. The SMILES string of the molecule is C=C(SC(=C)c1scc2c1C(=O)N(CC(CC)CCCC)C2=O)c1scc2c1C(=O)N(CC(CC)CCCC)C2=O. The Morgan fingerprint density at radius 2 is 1.10 bits per heavy atom. The second kappa shape index (κ2) is 13.7. The van der Waals surface area contributed by atoms with Gasteiger partial charge in [-0.1, -0.05) is 91.1 Å². The predicted molar refractivity (Wildman–Crippen MR) is 172 cm³/mol. The number of hydrogen-bond donors (Lipinski definition) is 0. The molecule has 2 aromatic heterocycles. The van der Waals surface area contributed by atoms with Crippen molar-refractivity contribution in [1.82, 2.24) is 9.80 Å². The fourth-order valence-electron chi connectivity index (χ4n) is 5.53. The lowest BCUT2D eigenvalue weighted by molar-refractivity contribution is 0.0609. The Balaban J connectivity index is 1.48. The fourth-order valence-corrected chi connectivity index (χ4v) is 8.56. The second-order valence-corrected chi connectivity index (χ2v) is 13.9. The maximum absolute atomic E-state index is 13.4. The minimum Gasteiger partial charge on any atom is -0.274 e. The summed E-state index contributed by atoms with van der Waals surface area (Å²) in [6, 6.07) is 0. The first-order valence-corrected chi connectivity index (χ1v) is 17.3. The highest BCUT2D eigenvalue weighted by Crippen LogP contribution is 2.47. The van der Waals surface area contributed by atoms with E-state index in [1.807, 2.05) is 0 Å². The first-order chi connectivity index (χ1) is 19.7. The normalized spacial score (nSPS) is 16.0. The molecule has 4 rings (SSSR count). The molecule has 4 amide bonds. The zero-order valence-corrected chi connectivity index (χ0v) is 27.0. The van der Waals surface area contributed by atoms with Gasteiger partial charge in [0.05, 0.1) is 32.0 Å². The smallest absolute Gasteiger partial charge is 0.263 e. The fraction of sp³-hybridized carbons (Fsp3) is 0.500. The quantitative estimate of drug-likeness (QED) is 0.177. The Morgan fingerprint density at radius 1 is 0.707 bits per heavy atom. The molecule has 220 valence electrons. The van der Waals surface area contributed by atoms with Crippen LogP contribution in [0.4, 0.5) is 0 Å². The molecule has 0 aliphatic carbocycles. The molecule has 2 atom stereocenters. The number of carbonyl (C=O) groups is 4. The van der Waals surface area contributed by atoms with Gasteiger partial charge in [-0.05, 0) is 24.7 Å². The number of carbonyl (C=O) groups excluding carboxylic acids is 4. The van der Waals surface area contributed by atoms with Gasteiger partial charge in [-0.3, -0.25) is 29.0 Å². The van der Waals surface area contributed by atoms with E-state index in [-0.39, 0.29) is 35.5 Å². The molecule has 0 saturated carbocycles. The van der Waals surface area contributed by atoms with Crippen LogP contribution in [0.25, 0.3) is 9.81 Å². The molecule has 0 aromatic carbocycles. The molecule has 4 heterocycles. The maximum atomic E-state index is 13.4. The topological polar surface area (TPSA) is 74.8 Å². The summed E-state index contributed by atoms with van der Waals surface area (Å²) in [7, 11) is 0. The zero-order chi connectivity index (χ0) is 29.8. The highest BCUT2D eigenvalue weighted by molar-refractivity contribution is 8.16. The Bertz CT molecular complexity index is 1270. The standard InChI is InChI=1S/C32H40N2O4S3/c1-7-11-13-21(9-3)15-33-29(35)23-17-39-27(25(23)31(33)37)19(5)41-20(6)28-26-24(18-40-28)30(36)34(32(26)38)16-22(10-4)14-12-8-2/h17-18,21-22H,5-16H2,1-4H3. The van der Waals surface area contributed by atoms with Crippen LogP contribution in [0.3, 0.4) is 0 Å². The van der Waals surface area contributed by atoms with Gasteiger partial charge >= 0.3 is 0 Å². The molecule has 2 unspecified atom stereocenters. The molecule has 0 N–H and O–H groups in total. The minimum absolute atomic E-state index is 0.233. The minimum atomic E-state index is -0.259. The van der Waals surface area contributed by atoms with E-state index in [9.17, 15) is 19.2 Å². The number of fused-ring (bicyclic) bond motifs is 2. The molecule has 2 aromatic rings. The Labute approximate surface area is 255 Å². The van der Waals surface area contributed by atoms with Crippen molar-refractivity contribution in [2.75, 3.05) is 13.1 Å². The van der Waals surface area contributed by atoms with Gasteiger partial charge in [0, 0.05) is 33.7 Å². The number of thioether (sulfide) groups is 1. The van der Waals surface area contributed by atoms with E-state index in [2.05, 4.69) is 40.9 Å². The van der Waals surface area contributed by atoms with Crippen molar-refractivity contribution < 1.29 is 19.2 Å². The third kappa shape index (κ3) is 6.18. The van der Waals surface area contributed by atoms with E-state index in [0.29, 0.717) is 54.9 Å². The summed E-state index contributed by atoms with van der Waals surface area (Å²) in [6.45, 7) is 17.8. The van der Waals surface area contributed by atoms with Crippen molar-refractivity contribution in [2.45, 2.75) is 79.1 Å². The largest absolute Gasteiger partial charge is 0.274 e. The second-order valence-electron chi connectivity index (χ2n) is 10.9. The van der Waals surface area contributed by atoms with Crippen molar-refractivity contribution >= 4 is 67.9 Å². The van der Waals surface area contributed by atoms with Crippen LogP contribution < -0.4 is 0 Å². The van der Waals surface area contributed by atoms with Crippen LogP contribution in [0.15, 0.2) is 23.9 Å². The number of thiophene rings is 2. The van der Waals surface area contributed by atoms with E-state index in [4.69, 9.17) is 0 Å². The number of amides is 4. The van der Waals surface area contributed by atoms with Crippen molar-refractivity contribution in [3.05, 3.63) is 55.9 Å². The number of nitrogens with zero attached hydrogens (tertiary/aromatic N) is 2. The average Bonchev–Trinajstić information content (AvgIpc) is 3.70. The maximum Gasteiger partial charge on any atom is 0.263 e. The number of rotatable bonds is 16. The molecular formula is C32H40N2O4S3. The van der Waals surface area contributed by atoms with Crippen LogP contribution in [-0.4, -0.2) is 46.5 Å². The van der Waals surface area contributed by atoms with Gasteiger partial charge in [0.15, 0.2) is 0 Å². The van der Waals surface area contributed by atoms with E-state index >= 15 is 0 Å². The molecule has 2 aliphatic heterocycles. The van der Waals surface area contributed by atoms with Gasteiger partial charge in [0.1, 0.15) is 0 Å². The highest BCUT2D eigenvalue weighted by Gasteiger charge is 2.42. The van der Waals surface area contributed by atoms with Gasteiger partial charge in [0.2, 0.25) is 0 Å². The summed E-state index contributed by atoms with van der Waals surface area (Å²) in [5.74, 6) is -0.406. The summed E-state index contributed by atoms with van der Waals surface area (Å²) in [5, 5.41) is 3.50. The van der Waals surface area contributed by atoms with Gasteiger partial charge in [-0.25, -0.2) is 0 Å². The Kier molecular flexibility index (Phi) is 10.5. The van der Waals surface area contributed by atoms with Crippen LogP contribution in [0.2, 0.25) is 0 Å². The lowest BCUT2D eigenvalue weighted by Crippen LogP contribution is -2.34. The van der Waals surface area contributed by atoms with Crippen LogP contribution in [-0.2, 0) is 0 Å². The molecule has 0 fully saturated rings. The number of unbranched alkanes of at least 4 members (excludes halogenated alkanes) is 2. The third-order valence-electron chi connectivity index (χ3n) is 8.17. The summed E-state index contributed by atoms with van der Waals surface area (Å²) in [5.41, 5.74) is 1.72. The van der Waals surface area contributed by atoms with Crippen molar-refractivity contribution in [2.24, 2.45) is 11.8 Å². The highest BCUT2D eigenvalue weighted by atomic mass is 32.2. The van der Waals surface area contributed by atoms with Gasteiger partial charge in [-0.15, -0.1) is 22.7 Å². The number of imide groups is 2. The predicted octanol–water partition coefficient (Wildman–Crippen LogP) is 8.81. The third-order valence-corrected chi connectivity index (χ3v) is 11.4. The molecule has 9 heteroatoms. The van der Waals surface area contributed by atoms with E-state index in [1.54, 1.807) is 10.8 Å². The van der Waals surface area contributed by atoms with Crippen molar-refractivity contribution in [3.63, 3.8) is 0 Å². The monoisotopic (exact) mass is 612 g/mol. The van der Waals surface area contributed by atoms with Crippen LogP contribution >= 0.6 is 34.4 Å². The van der Waals surface area contributed by atoms with Gasteiger partial charge < -0.3 is 0 Å². The van der Waals surface area contributed by atoms with Crippen LogP contribution in [0, 0.1) is 11.8 Å². The van der Waals surface area contributed by atoms with E-state index < -0.39 is 0 Å². The van der Waals surface area contributed by atoms with Crippen LogP contribution in [0.1, 0.15) is 130 Å². The van der Waals surface area contributed by atoms with Gasteiger partial charge in [-0.2, -0.15) is 0 Å². The molecule has 2 aliphatic rings. The lowest BCUT2D eigenvalue weighted by Gasteiger charge is -2.22.